The van der Waals surface area contributed by atoms with Crippen molar-refractivity contribution in [1.82, 2.24) is 10.3 Å². The molecule has 2 aromatic rings. The molecule has 0 aliphatic carbocycles. The predicted molar refractivity (Wildman–Crippen MR) is 92.0 cm³/mol. The highest BCUT2D eigenvalue weighted by Gasteiger charge is 2.23. The third-order valence-corrected chi connectivity index (χ3v) is 4.95. The van der Waals surface area contributed by atoms with E-state index in [0.717, 1.165) is 28.5 Å². The van der Waals surface area contributed by atoms with Crippen molar-refractivity contribution in [2.45, 2.75) is 33.4 Å². The highest BCUT2D eigenvalue weighted by molar-refractivity contribution is 7.11. The molecule has 0 radical (unpaired) electrons. The van der Waals surface area contributed by atoms with Gasteiger partial charge in [-0.2, -0.15) is 0 Å². The fraction of sp³-hybridized carbons (Fsp3) is 0.412. The molecule has 23 heavy (non-hydrogen) atoms. The van der Waals surface area contributed by atoms with Crippen LogP contribution >= 0.6 is 11.3 Å². The predicted octanol–water partition coefficient (Wildman–Crippen LogP) is 3.57. The van der Waals surface area contributed by atoms with E-state index >= 15 is 0 Å². The molecular formula is C17H21N3O2S. The van der Waals surface area contributed by atoms with Gasteiger partial charge in [0.25, 0.3) is 0 Å². The number of benzene rings is 1. The zero-order valence-corrected chi connectivity index (χ0v) is 14.4. The molecule has 3 rings (SSSR count). The Morgan fingerprint density at radius 2 is 2.26 bits per heavy atom. The summed E-state index contributed by atoms with van der Waals surface area (Å²) in [5.41, 5.74) is 3.14. The monoisotopic (exact) mass is 331 g/mol. The Balaban J connectivity index is 1.68. The number of carbonyl (C=O) groups is 1. The number of ether oxygens (including phenoxy) is 1. The highest BCUT2D eigenvalue weighted by Crippen LogP contribution is 2.24. The van der Waals surface area contributed by atoms with E-state index in [1.54, 1.807) is 16.2 Å². The Hall–Kier alpha value is -1.92. The van der Waals surface area contributed by atoms with Crippen LogP contribution < -0.4 is 10.2 Å². The molecular weight excluding hydrogens is 310 g/mol. The van der Waals surface area contributed by atoms with Crippen LogP contribution in [0.2, 0.25) is 0 Å². The lowest BCUT2D eigenvalue weighted by Crippen LogP contribution is -2.24. The van der Waals surface area contributed by atoms with E-state index in [9.17, 15) is 4.79 Å². The van der Waals surface area contributed by atoms with Crippen molar-refractivity contribution in [2.75, 3.05) is 18.1 Å². The van der Waals surface area contributed by atoms with Crippen molar-refractivity contribution < 1.29 is 9.53 Å². The van der Waals surface area contributed by atoms with Gasteiger partial charge in [0.1, 0.15) is 6.61 Å². The summed E-state index contributed by atoms with van der Waals surface area (Å²) in [4.78, 5) is 19.2. The van der Waals surface area contributed by atoms with Crippen LogP contribution in [0.25, 0.3) is 0 Å². The number of nitrogens with zero attached hydrogens (tertiary/aromatic N) is 2. The van der Waals surface area contributed by atoms with Crippen LogP contribution in [0.3, 0.4) is 0 Å². The number of nitrogens with one attached hydrogen (secondary N) is 1. The molecule has 1 fully saturated rings. The largest absolute Gasteiger partial charge is 0.447 e. The number of aryl methyl sites for hydroxylation is 2. The van der Waals surface area contributed by atoms with Gasteiger partial charge < -0.3 is 10.1 Å². The van der Waals surface area contributed by atoms with Crippen molar-refractivity contribution in [3.05, 3.63) is 45.4 Å². The van der Waals surface area contributed by atoms with Crippen molar-refractivity contribution in [3.63, 3.8) is 0 Å². The van der Waals surface area contributed by atoms with E-state index in [1.165, 1.54) is 4.88 Å². The van der Waals surface area contributed by atoms with Gasteiger partial charge in [-0.05, 0) is 38.5 Å². The average Bonchev–Trinajstić information content (AvgIpc) is 3.10. The van der Waals surface area contributed by atoms with Crippen LogP contribution in [0.4, 0.5) is 10.5 Å². The minimum absolute atomic E-state index is 0.176. The standard InChI is InChI=1S/C17H21N3O2S/c1-11(18-10-16-12(2)23-13(3)19-16)14-5-4-6-15(9-14)20-7-8-22-17(20)21/h4-6,9,11,18H,7-8,10H2,1-3H3. The third-order valence-electron chi connectivity index (χ3n) is 4.02. The summed E-state index contributed by atoms with van der Waals surface area (Å²) < 4.78 is 5.01. The lowest BCUT2D eigenvalue weighted by molar-refractivity contribution is 0.181. The first-order valence-electron chi connectivity index (χ1n) is 7.75. The van der Waals surface area contributed by atoms with Gasteiger partial charge in [-0.1, -0.05) is 12.1 Å². The van der Waals surface area contributed by atoms with Gasteiger partial charge >= 0.3 is 6.09 Å². The average molecular weight is 331 g/mol. The molecule has 1 aliphatic heterocycles. The summed E-state index contributed by atoms with van der Waals surface area (Å²) in [7, 11) is 0. The van der Waals surface area contributed by atoms with Gasteiger partial charge in [-0.25, -0.2) is 9.78 Å². The number of carbonyl (C=O) groups excluding carboxylic acids is 1. The molecule has 1 amide bonds. The Morgan fingerprint density at radius 1 is 1.43 bits per heavy atom. The number of thiazole rings is 1. The minimum Gasteiger partial charge on any atom is -0.447 e. The van der Waals surface area contributed by atoms with Crippen molar-refractivity contribution in [3.8, 4) is 0 Å². The molecule has 1 saturated heterocycles. The van der Waals surface area contributed by atoms with E-state index in [-0.39, 0.29) is 12.1 Å². The van der Waals surface area contributed by atoms with Gasteiger partial charge in [0.05, 0.1) is 17.2 Å². The Bertz CT molecular complexity index is 714. The van der Waals surface area contributed by atoms with Crippen LogP contribution in [-0.4, -0.2) is 24.2 Å². The van der Waals surface area contributed by atoms with Gasteiger partial charge in [-0.3, -0.25) is 4.90 Å². The first-order valence-corrected chi connectivity index (χ1v) is 8.57. The number of cyclic esters (lactones) is 1. The lowest BCUT2D eigenvalue weighted by Gasteiger charge is -2.18. The number of hydrogen-bond acceptors (Lipinski definition) is 5. The summed E-state index contributed by atoms with van der Waals surface area (Å²) in [6.07, 6.45) is -0.267. The maximum absolute atomic E-state index is 11.7. The summed E-state index contributed by atoms with van der Waals surface area (Å²) in [5, 5.41) is 4.61. The fourth-order valence-corrected chi connectivity index (χ4v) is 3.53. The topological polar surface area (TPSA) is 54.5 Å². The fourth-order valence-electron chi connectivity index (χ4n) is 2.69. The maximum atomic E-state index is 11.7. The number of hydrogen-bond donors (Lipinski definition) is 1. The van der Waals surface area contributed by atoms with Gasteiger partial charge in [-0.15, -0.1) is 11.3 Å². The molecule has 2 heterocycles. The quantitative estimate of drug-likeness (QED) is 0.910. The Morgan fingerprint density at radius 3 is 2.91 bits per heavy atom. The highest BCUT2D eigenvalue weighted by atomic mass is 32.1. The van der Waals surface area contributed by atoms with Crippen molar-refractivity contribution in [2.24, 2.45) is 0 Å². The molecule has 122 valence electrons. The lowest BCUT2D eigenvalue weighted by atomic mass is 10.1. The van der Waals surface area contributed by atoms with Crippen molar-refractivity contribution in [1.29, 1.82) is 0 Å². The number of amides is 1. The Labute approximate surface area is 140 Å². The van der Waals surface area contributed by atoms with E-state index in [4.69, 9.17) is 4.74 Å². The molecule has 1 aromatic carbocycles. The molecule has 1 aliphatic rings. The molecule has 1 N–H and O–H groups in total. The maximum Gasteiger partial charge on any atom is 0.414 e. The first-order chi connectivity index (χ1) is 11.0. The van der Waals surface area contributed by atoms with Crippen LogP contribution in [0.5, 0.6) is 0 Å². The second kappa shape index (κ2) is 6.68. The third kappa shape index (κ3) is 3.54. The number of aromatic nitrogens is 1. The normalized spacial score (nSPS) is 15.8. The first kappa shape index (κ1) is 16.0. The zero-order valence-electron chi connectivity index (χ0n) is 13.6. The van der Waals surface area contributed by atoms with Crippen LogP contribution in [-0.2, 0) is 11.3 Å². The molecule has 5 nitrogen and oxygen atoms in total. The summed E-state index contributed by atoms with van der Waals surface area (Å²) in [6, 6.07) is 8.21. The summed E-state index contributed by atoms with van der Waals surface area (Å²) in [5.74, 6) is 0. The molecule has 1 atom stereocenters. The second-order valence-corrected chi connectivity index (χ2v) is 7.11. The van der Waals surface area contributed by atoms with Crippen molar-refractivity contribution >= 4 is 23.1 Å². The van der Waals surface area contributed by atoms with Gasteiger partial charge in [0.15, 0.2) is 0 Å². The second-order valence-electron chi connectivity index (χ2n) is 5.70. The zero-order chi connectivity index (χ0) is 16.4. The summed E-state index contributed by atoms with van der Waals surface area (Å²) >= 11 is 1.73. The molecule has 0 bridgehead atoms. The number of anilines is 1. The molecule has 1 unspecified atom stereocenters. The smallest absolute Gasteiger partial charge is 0.414 e. The van der Waals surface area contributed by atoms with Crippen LogP contribution in [0.1, 0.15) is 34.1 Å². The number of rotatable bonds is 5. The molecule has 1 aromatic heterocycles. The van der Waals surface area contributed by atoms with Gasteiger partial charge in [0.2, 0.25) is 0 Å². The molecule has 0 spiro atoms. The van der Waals surface area contributed by atoms with E-state index in [0.29, 0.717) is 13.2 Å². The van der Waals surface area contributed by atoms with Gasteiger partial charge in [0, 0.05) is 23.2 Å². The SMILES string of the molecule is Cc1nc(CNC(C)c2cccc(N3CCOC3=O)c2)c(C)s1. The minimum atomic E-state index is -0.267. The molecule has 6 heteroatoms. The van der Waals surface area contributed by atoms with Crippen LogP contribution in [0, 0.1) is 13.8 Å². The van der Waals surface area contributed by atoms with Crippen LogP contribution in [0.15, 0.2) is 24.3 Å². The van der Waals surface area contributed by atoms with E-state index < -0.39 is 0 Å². The Kier molecular flexibility index (Phi) is 4.63. The summed E-state index contributed by atoms with van der Waals surface area (Å²) in [6.45, 7) is 8.07. The van der Waals surface area contributed by atoms with E-state index in [2.05, 4.69) is 30.2 Å². The van der Waals surface area contributed by atoms with E-state index in [1.807, 2.05) is 25.1 Å². The molecule has 0 saturated carbocycles.